The van der Waals surface area contributed by atoms with Gasteiger partial charge in [0.25, 0.3) is 0 Å². The molecule has 11 heavy (non-hydrogen) atoms. The Bertz CT molecular complexity index is 173. The molecule has 2 fully saturated rings. The van der Waals surface area contributed by atoms with Gasteiger partial charge in [0.2, 0.25) is 0 Å². The average Bonchev–Trinajstić information content (AvgIpc) is 2.17. The summed E-state index contributed by atoms with van der Waals surface area (Å²) in [6, 6.07) is 0.406. The van der Waals surface area contributed by atoms with Gasteiger partial charge in [-0.1, -0.05) is 0 Å². The van der Waals surface area contributed by atoms with Crippen LogP contribution in [0.1, 0.15) is 25.7 Å². The number of piperidine rings is 1. The number of hydrogen-bond acceptors (Lipinski definition) is 3. The van der Waals surface area contributed by atoms with Crippen molar-refractivity contribution in [3.8, 4) is 0 Å². The molecule has 2 N–H and O–H groups in total. The minimum absolute atomic E-state index is 0.288. The third-order valence-electron chi connectivity index (χ3n) is 3.19. The Labute approximate surface area is 66.6 Å². The van der Waals surface area contributed by atoms with E-state index >= 15 is 0 Å². The molecular weight excluding hydrogens is 142 g/mol. The minimum Gasteiger partial charge on any atom is -0.393 e. The lowest BCUT2D eigenvalue weighted by molar-refractivity contribution is -0.136. The van der Waals surface area contributed by atoms with Gasteiger partial charge in [-0.3, -0.25) is 4.90 Å². The number of hydrogen-bond donors (Lipinski definition) is 2. The minimum atomic E-state index is -0.692. The smallest absolute Gasteiger partial charge is 0.121 e. The zero-order valence-corrected chi connectivity index (χ0v) is 6.82. The van der Waals surface area contributed by atoms with Crippen molar-refractivity contribution in [2.45, 2.75) is 43.6 Å². The van der Waals surface area contributed by atoms with E-state index in [9.17, 15) is 10.2 Å². The van der Waals surface area contributed by atoms with Gasteiger partial charge in [-0.05, 0) is 26.3 Å². The topological polar surface area (TPSA) is 43.7 Å². The number of rotatable bonds is 0. The highest BCUT2D eigenvalue weighted by Gasteiger charge is 2.48. The lowest BCUT2D eigenvalue weighted by Crippen LogP contribution is -2.51. The van der Waals surface area contributed by atoms with Crippen LogP contribution in [0.3, 0.4) is 0 Å². The molecule has 3 heteroatoms. The van der Waals surface area contributed by atoms with Crippen LogP contribution in [0.5, 0.6) is 0 Å². The summed E-state index contributed by atoms with van der Waals surface area (Å²) in [5.41, 5.74) is -0.692. The molecule has 2 bridgehead atoms. The van der Waals surface area contributed by atoms with Gasteiger partial charge in [-0.15, -0.1) is 0 Å². The zero-order chi connectivity index (χ0) is 8.06. The molecule has 0 amide bonds. The van der Waals surface area contributed by atoms with Crippen molar-refractivity contribution >= 4 is 0 Å². The number of aliphatic hydroxyl groups is 2. The highest BCUT2D eigenvalue weighted by atomic mass is 16.3. The number of aliphatic hydroxyl groups excluding tert-OH is 1. The van der Waals surface area contributed by atoms with E-state index in [4.69, 9.17) is 0 Å². The van der Waals surface area contributed by atoms with Gasteiger partial charge in [-0.25, -0.2) is 0 Å². The molecule has 2 aliphatic rings. The van der Waals surface area contributed by atoms with E-state index in [-0.39, 0.29) is 6.10 Å². The molecule has 2 aliphatic heterocycles. The first-order valence-electron chi connectivity index (χ1n) is 4.25. The Hall–Kier alpha value is -0.120. The molecule has 0 aromatic rings. The summed E-state index contributed by atoms with van der Waals surface area (Å²) < 4.78 is 0. The van der Waals surface area contributed by atoms with E-state index in [1.165, 1.54) is 0 Å². The van der Waals surface area contributed by atoms with Crippen molar-refractivity contribution in [1.82, 2.24) is 4.90 Å². The summed E-state index contributed by atoms with van der Waals surface area (Å²) in [5, 5.41) is 19.3. The van der Waals surface area contributed by atoms with Crippen LogP contribution >= 0.6 is 0 Å². The Morgan fingerprint density at radius 2 is 2.27 bits per heavy atom. The van der Waals surface area contributed by atoms with Crippen molar-refractivity contribution in [3.05, 3.63) is 0 Å². The predicted octanol–water partition coefficient (Wildman–Crippen LogP) is -0.0761. The Morgan fingerprint density at radius 1 is 1.55 bits per heavy atom. The maximum absolute atomic E-state index is 9.93. The van der Waals surface area contributed by atoms with Crippen LogP contribution in [0, 0.1) is 0 Å². The molecule has 0 aromatic carbocycles. The SMILES string of the molecule is CN1[C@@H]2CC[C@@]1(O)C[C@@H](O)C2. The molecule has 0 aliphatic carbocycles. The standard InChI is InChI=1S/C8H15NO2/c1-9-6-2-3-8(9,11)5-7(10)4-6/h6-7,10-11H,2-5H2,1H3/t6-,7+,8-/m1/s1. The monoisotopic (exact) mass is 157 g/mol. The maximum Gasteiger partial charge on any atom is 0.121 e. The molecule has 0 aromatic heterocycles. The molecule has 2 saturated heterocycles. The van der Waals surface area contributed by atoms with Crippen molar-refractivity contribution < 1.29 is 10.2 Å². The lowest BCUT2D eigenvalue weighted by Gasteiger charge is -2.40. The van der Waals surface area contributed by atoms with Gasteiger partial charge in [0.1, 0.15) is 5.72 Å². The van der Waals surface area contributed by atoms with Crippen LogP contribution in [0.15, 0.2) is 0 Å². The van der Waals surface area contributed by atoms with Crippen LogP contribution in [-0.2, 0) is 0 Å². The Kier molecular flexibility index (Phi) is 1.50. The first-order chi connectivity index (χ1) is 5.12. The summed E-state index contributed by atoms with van der Waals surface area (Å²) in [4.78, 5) is 2.01. The fourth-order valence-corrected chi connectivity index (χ4v) is 2.40. The normalized spacial score (nSPS) is 51.5. The lowest BCUT2D eigenvalue weighted by atomic mass is 9.98. The summed E-state index contributed by atoms with van der Waals surface area (Å²) in [6.45, 7) is 0. The molecule has 0 saturated carbocycles. The molecule has 0 radical (unpaired) electrons. The van der Waals surface area contributed by atoms with Crippen molar-refractivity contribution in [3.63, 3.8) is 0 Å². The average molecular weight is 157 g/mol. The number of fused-ring (bicyclic) bond motifs is 2. The van der Waals surface area contributed by atoms with E-state index in [2.05, 4.69) is 0 Å². The summed E-state index contributed by atoms with van der Waals surface area (Å²) in [6.07, 6.45) is 2.93. The van der Waals surface area contributed by atoms with E-state index in [0.29, 0.717) is 12.5 Å². The molecule has 0 unspecified atom stereocenters. The fraction of sp³-hybridized carbons (Fsp3) is 1.00. The second-order valence-electron chi connectivity index (χ2n) is 3.88. The van der Waals surface area contributed by atoms with Crippen LogP contribution in [0.25, 0.3) is 0 Å². The Balaban J connectivity index is 2.20. The van der Waals surface area contributed by atoms with Crippen LogP contribution in [0.4, 0.5) is 0 Å². The molecule has 2 heterocycles. The highest BCUT2D eigenvalue weighted by molar-refractivity contribution is 4.98. The molecule has 0 spiro atoms. The van der Waals surface area contributed by atoms with Crippen molar-refractivity contribution in [1.29, 1.82) is 0 Å². The quantitative estimate of drug-likeness (QED) is 0.517. The largest absolute Gasteiger partial charge is 0.393 e. The number of nitrogens with zero attached hydrogens (tertiary/aromatic N) is 1. The predicted molar refractivity (Wildman–Crippen MR) is 41.0 cm³/mol. The van der Waals surface area contributed by atoms with Crippen molar-refractivity contribution in [2.75, 3.05) is 7.05 Å². The zero-order valence-electron chi connectivity index (χ0n) is 6.82. The summed E-state index contributed by atoms with van der Waals surface area (Å²) >= 11 is 0. The Morgan fingerprint density at radius 3 is 2.91 bits per heavy atom. The van der Waals surface area contributed by atoms with Gasteiger partial charge < -0.3 is 10.2 Å². The fourth-order valence-electron chi connectivity index (χ4n) is 2.40. The van der Waals surface area contributed by atoms with Gasteiger partial charge in [-0.2, -0.15) is 0 Å². The first-order valence-corrected chi connectivity index (χ1v) is 4.25. The highest BCUT2D eigenvalue weighted by Crippen LogP contribution is 2.40. The summed E-state index contributed by atoms with van der Waals surface area (Å²) in [7, 11) is 1.95. The first kappa shape index (κ1) is 7.53. The van der Waals surface area contributed by atoms with Crippen LogP contribution in [0.2, 0.25) is 0 Å². The van der Waals surface area contributed by atoms with Gasteiger partial charge in [0.15, 0.2) is 0 Å². The summed E-state index contributed by atoms with van der Waals surface area (Å²) in [5.74, 6) is 0. The third kappa shape index (κ3) is 0.991. The van der Waals surface area contributed by atoms with E-state index in [0.717, 1.165) is 19.3 Å². The van der Waals surface area contributed by atoms with E-state index in [1.807, 2.05) is 11.9 Å². The second-order valence-corrected chi connectivity index (χ2v) is 3.88. The van der Waals surface area contributed by atoms with Crippen LogP contribution < -0.4 is 0 Å². The molecule has 3 atom stereocenters. The van der Waals surface area contributed by atoms with Crippen molar-refractivity contribution in [2.24, 2.45) is 0 Å². The van der Waals surface area contributed by atoms with Crippen LogP contribution in [-0.4, -0.2) is 40.0 Å². The van der Waals surface area contributed by atoms with Gasteiger partial charge in [0, 0.05) is 12.5 Å². The molecular formula is C8H15NO2. The second kappa shape index (κ2) is 2.19. The van der Waals surface area contributed by atoms with E-state index in [1.54, 1.807) is 0 Å². The molecule has 3 nitrogen and oxygen atoms in total. The van der Waals surface area contributed by atoms with Gasteiger partial charge in [0.05, 0.1) is 6.10 Å². The third-order valence-corrected chi connectivity index (χ3v) is 3.19. The van der Waals surface area contributed by atoms with E-state index < -0.39 is 5.72 Å². The molecule has 64 valence electrons. The maximum atomic E-state index is 9.93. The van der Waals surface area contributed by atoms with Gasteiger partial charge >= 0.3 is 0 Å². The molecule has 2 rings (SSSR count).